The normalized spacial score (nSPS) is 17.9. The van der Waals surface area contributed by atoms with Crippen LogP contribution in [-0.2, 0) is 12.8 Å². The van der Waals surface area contributed by atoms with Crippen LogP contribution in [0.4, 0.5) is 0 Å². The van der Waals surface area contributed by atoms with E-state index in [0.717, 1.165) is 37.5 Å². The maximum atomic E-state index is 4.60. The Morgan fingerprint density at radius 1 is 1.27 bits per heavy atom. The Labute approximate surface area is 91.3 Å². The topological polar surface area (TPSA) is 37.8 Å². The van der Waals surface area contributed by atoms with Gasteiger partial charge in [-0.2, -0.15) is 0 Å². The van der Waals surface area contributed by atoms with Gasteiger partial charge in [-0.15, -0.1) is 0 Å². The van der Waals surface area contributed by atoms with Gasteiger partial charge in [-0.05, 0) is 44.7 Å². The van der Waals surface area contributed by atoms with Crippen molar-refractivity contribution < 1.29 is 0 Å². The number of aryl methyl sites for hydroxylation is 1. The van der Waals surface area contributed by atoms with Crippen molar-refractivity contribution >= 4 is 0 Å². The molecule has 82 valence electrons. The van der Waals surface area contributed by atoms with Crippen LogP contribution in [0.5, 0.6) is 0 Å². The Morgan fingerprint density at radius 3 is 2.73 bits per heavy atom. The molecule has 1 saturated heterocycles. The van der Waals surface area contributed by atoms with Gasteiger partial charge in [0.25, 0.3) is 0 Å². The third kappa shape index (κ3) is 2.99. The number of nitrogens with zero attached hydrogens (tertiary/aromatic N) is 2. The zero-order chi connectivity index (χ0) is 10.5. The number of nitrogens with one attached hydrogen (secondary N) is 1. The highest BCUT2D eigenvalue weighted by Gasteiger charge is 2.14. The first-order valence-electron chi connectivity index (χ1n) is 5.89. The summed E-state index contributed by atoms with van der Waals surface area (Å²) >= 11 is 0. The van der Waals surface area contributed by atoms with Crippen molar-refractivity contribution in [3.8, 4) is 0 Å². The van der Waals surface area contributed by atoms with E-state index in [1.54, 1.807) is 0 Å². The molecule has 0 amide bonds. The first-order chi connectivity index (χ1) is 7.38. The Bertz CT molecular complexity index is 305. The molecule has 0 radical (unpaired) electrons. The van der Waals surface area contributed by atoms with E-state index in [0.29, 0.717) is 0 Å². The molecule has 3 nitrogen and oxygen atoms in total. The van der Waals surface area contributed by atoms with Crippen molar-refractivity contribution in [2.45, 2.75) is 32.6 Å². The molecule has 0 aromatic carbocycles. The Kier molecular flexibility index (Phi) is 3.67. The maximum absolute atomic E-state index is 4.60. The summed E-state index contributed by atoms with van der Waals surface area (Å²) in [5, 5.41) is 3.39. The molecule has 15 heavy (non-hydrogen) atoms. The lowest BCUT2D eigenvalue weighted by molar-refractivity contribution is 0.369. The Balaban J connectivity index is 1.96. The average Bonchev–Trinajstić information content (AvgIpc) is 2.31. The number of piperidine rings is 1. The molecular formula is C12H19N3. The van der Waals surface area contributed by atoms with E-state index in [4.69, 9.17) is 0 Å². The highest BCUT2D eigenvalue weighted by atomic mass is 14.9. The molecule has 0 atom stereocenters. The van der Waals surface area contributed by atoms with Gasteiger partial charge in [0.05, 0.1) is 11.4 Å². The van der Waals surface area contributed by atoms with E-state index in [9.17, 15) is 0 Å². The maximum Gasteiger partial charge on any atom is 0.0592 e. The van der Waals surface area contributed by atoms with Gasteiger partial charge in [-0.25, -0.2) is 0 Å². The molecule has 1 aliphatic heterocycles. The summed E-state index contributed by atoms with van der Waals surface area (Å²) in [6.07, 6.45) is 8.42. The van der Waals surface area contributed by atoms with Crippen LogP contribution in [-0.4, -0.2) is 23.1 Å². The zero-order valence-electron chi connectivity index (χ0n) is 9.37. The Morgan fingerprint density at radius 2 is 2.00 bits per heavy atom. The summed E-state index contributed by atoms with van der Waals surface area (Å²) in [6.45, 7) is 4.44. The lowest BCUT2D eigenvalue weighted by atomic mass is 9.93. The molecule has 2 heterocycles. The van der Waals surface area contributed by atoms with E-state index in [2.05, 4.69) is 22.2 Å². The molecule has 1 N–H and O–H groups in total. The summed E-state index contributed by atoms with van der Waals surface area (Å²) in [5.74, 6) is 0.799. The van der Waals surface area contributed by atoms with Crippen molar-refractivity contribution in [2.75, 3.05) is 13.1 Å². The number of rotatable bonds is 3. The van der Waals surface area contributed by atoms with Crippen molar-refractivity contribution in [2.24, 2.45) is 5.92 Å². The van der Waals surface area contributed by atoms with E-state index in [1.807, 2.05) is 12.4 Å². The fraction of sp³-hybridized carbons (Fsp3) is 0.667. The minimum absolute atomic E-state index is 0.799. The molecule has 0 unspecified atom stereocenters. The molecule has 0 bridgehead atoms. The molecular weight excluding hydrogens is 186 g/mol. The summed E-state index contributed by atoms with van der Waals surface area (Å²) in [6, 6.07) is 0. The Hall–Kier alpha value is -0.960. The molecule has 1 aromatic rings. The molecule has 1 aliphatic rings. The van der Waals surface area contributed by atoms with Gasteiger partial charge in [0.1, 0.15) is 0 Å². The van der Waals surface area contributed by atoms with Crippen molar-refractivity contribution in [3.63, 3.8) is 0 Å². The van der Waals surface area contributed by atoms with Gasteiger partial charge in [0, 0.05) is 12.4 Å². The predicted octanol–water partition coefficient (Wildman–Crippen LogP) is 1.58. The van der Waals surface area contributed by atoms with Crippen molar-refractivity contribution in [1.29, 1.82) is 0 Å². The lowest BCUT2D eigenvalue weighted by Crippen LogP contribution is -2.28. The number of aromatic nitrogens is 2. The summed E-state index contributed by atoms with van der Waals surface area (Å²) in [4.78, 5) is 8.85. The molecule has 2 rings (SSSR count). The molecule has 1 aromatic heterocycles. The fourth-order valence-corrected chi connectivity index (χ4v) is 2.10. The number of hydrogen-bond donors (Lipinski definition) is 1. The second-order valence-electron chi connectivity index (χ2n) is 4.25. The SMILES string of the molecule is CCc1cncc(CC2CCNCC2)n1. The molecule has 1 fully saturated rings. The van der Waals surface area contributed by atoms with E-state index in [-0.39, 0.29) is 0 Å². The van der Waals surface area contributed by atoms with Gasteiger partial charge in [0.2, 0.25) is 0 Å². The quantitative estimate of drug-likeness (QED) is 0.814. The van der Waals surface area contributed by atoms with Crippen molar-refractivity contribution in [1.82, 2.24) is 15.3 Å². The van der Waals surface area contributed by atoms with Crippen LogP contribution in [0.3, 0.4) is 0 Å². The van der Waals surface area contributed by atoms with Crippen LogP contribution < -0.4 is 5.32 Å². The molecule has 0 spiro atoms. The monoisotopic (exact) mass is 205 g/mol. The van der Waals surface area contributed by atoms with Gasteiger partial charge < -0.3 is 5.32 Å². The van der Waals surface area contributed by atoms with Crippen molar-refractivity contribution in [3.05, 3.63) is 23.8 Å². The fourth-order valence-electron chi connectivity index (χ4n) is 2.10. The van der Waals surface area contributed by atoms with E-state index < -0.39 is 0 Å². The standard InChI is InChI=1S/C12H19N3/c1-2-11-8-14-9-12(15-11)7-10-3-5-13-6-4-10/h8-10,13H,2-7H2,1H3. The lowest BCUT2D eigenvalue weighted by Gasteiger charge is -2.22. The van der Waals surface area contributed by atoms with Crippen LogP contribution in [0, 0.1) is 5.92 Å². The number of hydrogen-bond acceptors (Lipinski definition) is 3. The van der Waals surface area contributed by atoms with Crippen LogP contribution in [0.25, 0.3) is 0 Å². The summed E-state index contributed by atoms with van der Waals surface area (Å²) < 4.78 is 0. The highest BCUT2D eigenvalue weighted by molar-refractivity contribution is 5.04. The van der Waals surface area contributed by atoms with Crippen LogP contribution in [0.2, 0.25) is 0 Å². The minimum Gasteiger partial charge on any atom is -0.317 e. The second-order valence-corrected chi connectivity index (χ2v) is 4.25. The predicted molar refractivity (Wildman–Crippen MR) is 60.7 cm³/mol. The molecule has 0 saturated carbocycles. The second kappa shape index (κ2) is 5.21. The zero-order valence-corrected chi connectivity index (χ0v) is 9.37. The average molecular weight is 205 g/mol. The van der Waals surface area contributed by atoms with Gasteiger partial charge in [-0.1, -0.05) is 6.92 Å². The first-order valence-corrected chi connectivity index (χ1v) is 5.89. The minimum atomic E-state index is 0.799. The van der Waals surface area contributed by atoms with Gasteiger partial charge in [0.15, 0.2) is 0 Å². The third-order valence-corrected chi connectivity index (χ3v) is 3.05. The largest absolute Gasteiger partial charge is 0.317 e. The van der Waals surface area contributed by atoms with Crippen LogP contribution >= 0.6 is 0 Å². The smallest absolute Gasteiger partial charge is 0.0592 e. The van der Waals surface area contributed by atoms with Gasteiger partial charge >= 0.3 is 0 Å². The first kappa shape index (κ1) is 10.6. The highest BCUT2D eigenvalue weighted by Crippen LogP contribution is 2.16. The van der Waals surface area contributed by atoms with E-state index >= 15 is 0 Å². The molecule has 3 heteroatoms. The molecule has 0 aliphatic carbocycles. The van der Waals surface area contributed by atoms with Crippen LogP contribution in [0.1, 0.15) is 31.2 Å². The summed E-state index contributed by atoms with van der Waals surface area (Å²) in [5.41, 5.74) is 2.28. The van der Waals surface area contributed by atoms with Crippen LogP contribution in [0.15, 0.2) is 12.4 Å². The third-order valence-electron chi connectivity index (χ3n) is 3.05. The van der Waals surface area contributed by atoms with Gasteiger partial charge in [-0.3, -0.25) is 9.97 Å². The van der Waals surface area contributed by atoms with E-state index in [1.165, 1.54) is 18.5 Å². The summed E-state index contributed by atoms with van der Waals surface area (Å²) in [7, 11) is 0.